The summed E-state index contributed by atoms with van der Waals surface area (Å²) in [5.74, 6) is -2.69. The lowest BCUT2D eigenvalue weighted by Gasteiger charge is -2.47. The number of benzene rings is 2. The van der Waals surface area contributed by atoms with Gasteiger partial charge in [-0.15, -0.1) is 0 Å². The molecule has 0 radical (unpaired) electrons. The Labute approximate surface area is 281 Å². The molecule has 6 unspecified atom stereocenters. The van der Waals surface area contributed by atoms with Crippen molar-refractivity contribution in [1.82, 2.24) is 0 Å². The average molecular weight is 681 g/mol. The Morgan fingerprint density at radius 2 is 1.45 bits per heavy atom. The summed E-state index contributed by atoms with van der Waals surface area (Å²) in [6.07, 6.45) is -4.03. The van der Waals surface area contributed by atoms with E-state index >= 15 is 0 Å². The molecule has 0 aromatic heterocycles. The van der Waals surface area contributed by atoms with Gasteiger partial charge in [-0.3, -0.25) is 4.79 Å². The van der Waals surface area contributed by atoms with E-state index in [0.717, 1.165) is 0 Å². The van der Waals surface area contributed by atoms with Crippen LogP contribution < -0.4 is 9.47 Å². The molecule has 0 bridgehead atoms. The lowest BCUT2D eigenvalue weighted by Crippen LogP contribution is -2.68. The summed E-state index contributed by atoms with van der Waals surface area (Å²) in [4.78, 5) is 41.7. The minimum absolute atomic E-state index is 0.0410. The smallest absolute Gasteiger partial charge is 0.358 e. The van der Waals surface area contributed by atoms with Crippen LogP contribution in [0, 0.1) is 28.1 Å². The molecule has 8 rings (SSSR count). The first-order valence-electron chi connectivity index (χ1n) is 15.5. The van der Waals surface area contributed by atoms with Gasteiger partial charge >= 0.3 is 28.4 Å². The molecule has 0 N–H and O–H groups in total. The SMILES string of the molecule is C[C@@H]1C(=O)OC2CC34C5CC(C(C)(C)C)C36[C@@H](OC(=O)[C@@H]6OC(=S)Oc3ccccc3)OC4(C(=O)O5)[C@]21OC(=S)Oc1ccccc1. The molecule has 2 spiro atoms. The Balaban J connectivity index is 1.28. The first-order chi connectivity index (χ1) is 22.3. The molecule has 4 aliphatic heterocycles. The Hall–Kier alpha value is -3.81. The van der Waals surface area contributed by atoms with Gasteiger partial charge in [0.05, 0.1) is 10.8 Å². The van der Waals surface area contributed by atoms with Crippen molar-refractivity contribution in [2.75, 3.05) is 0 Å². The Morgan fingerprint density at radius 3 is 2.06 bits per heavy atom. The average Bonchev–Trinajstić information content (AvgIpc) is 3.73. The summed E-state index contributed by atoms with van der Waals surface area (Å²) < 4.78 is 49.5. The van der Waals surface area contributed by atoms with Gasteiger partial charge in [0.15, 0.2) is 0 Å². The molecule has 11 nitrogen and oxygen atoms in total. The standard InChI is InChI=1S/C34H32O11S2/c1-17-24(35)40-22-16-31-21-15-20(30(2,3)4)32(31)23(42-28(46)38-18-11-7-5-8-12-18)25(36)43-27(32)44-34(31,26(37)41-21)33(17,22)45-29(47)39-19-13-9-6-10-14-19/h5-14,17,20-23,27H,15-16H2,1-4H3/t17-,20?,21?,22?,23+,27+,31?,32?,33-,34?/m1/s1. The van der Waals surface area contributed by atoms with Crippen molar-refractivity contribution in [3.05, 3.63) is 60.7 Å². The molecule has 6 aliphatic rings. The van der Waals surface area contributed by atoms with Crippen molar-refractivity contribution < 1.29 is 52.3 Å². The van der Waals surface area contributed by atoms with Crippen LogP contribution in [0.3, 0.4) is 0 Å². The van der Waals surface area contributed by atoms with Crippen LogP contribution in [-0.4, -0.2) is 64.2 Å². The largest absolute Gasteiger partial charge is 0.459 e. The van der Waals surface area contributed by atoms with E-state index in [0.29, 0.717) is 17.9 Å². The molecule has 2 aliphatic carbocycles. The van der Waals surface area contributed by atoms with Crippen molar-refractivity contribution in [3.8, 4) is 11.5 Å². The van der Waals surface area contributed by atoms with Crippen molar-refractivity contribution >= 4 is 52.8 Å². The quantitative estimate of drug-likeness (QED) is 0.257. The number of hydrogen-bond donors (Lipinski definition) is 0. The van der Waals surface area contributed by atoms with Crippen LogP contribution in [-0.2, 0) is 42.8 Å². The predicted molar refractivity (Wildman–Crippen MR) is 168 cm³/mol. The molecule has 2 aromatic carbocycles. The van der Waals surface area contributed by atoms with Gasteiger partial charge in [-0.1, -0.05) is 57.2 Å². The molecule has 2 saturated carbocycles. The van der Waals surface area contributed by atoms with Crippen LogP contribution in [0.15, 0.2) is 60.7 Å². The number of carbonyl (C=O) groups is 3. The zero-order chi connectivity index (χ0) is 33.1. The molecule has 246 valence electrons. The fraction of sp³-hybridized carbons (Fsp3) is 0.500. The van der Waals surface area contributed by atoms with Crippen LogP contribution in [0.1, 0.15) is 40.5 Å². The van der Waals surface area contributed by atoms with E-state index in [9.17, 15) is 14.4 Å². The van der Waals surface area contributed by atoms with E-state index in [1.807, 2.05) is 32.9 Å². The maximum Gasteiger partial charge on any atom is 0.358 e. The Morgan fingerprint density at radius 1 is 0.830 bits per heavy atom. The molecular formula is C34H32O11S2. The monoisotopic (exact) mass is 680 g/mol. The number of fused-ring (bicyclic) bond motifs is 1. The summed E-state index contributed by atoms with van der Waals surface area (Å²) in [5, 5.41) is -0.638. The van der Waals surface area contributed by atoms with E-state index in [1.165, 1.54) is 0 Å². The number of thiocarbonyl (C=S) groups is 2. The second-order valence-electron chi connectivity index (χ2n) is 14.1. The van der Waals surface area contributed by atoms with Crippen molar-refractivity contribution in [1.29, 1.82) is 0 Å². The van der Waals surface area contributed by atoms with Crippen LogP contribution in [0.2, 0.25) is 0 Å². The molecule has 2 aromatic rings. The Bertz CT molecular complexity index is 1710. The third kappa shape index (κ3) is 3.57. The molecule has 6 fully saturated rings. The predicted octanol–water partition coefficient (Wildman–Crippen LogP) is 4.44. The van der Waals surface area contributed by atoms with Crippen LogP contribution >= 0.6 is 24.4 Å². The van der Waals surface area contributed by atoms with Crippen molar-refractivity contribution in [2.24, 2.45) is 28.1 Å². The lowest BCUT2D eigenvalue weighted by atomic mass is 9.51. The molecule has 0 amide bonds. The number of ether oxygens (including phenoxy) is 8. The van der Waals surface area contributed by atoms with E-state index < -0.39 is 75.9 Å². The summed E-state index contributed by atoms with van der Waals surface area (Å²) >= 11 is 11.1. The second-order valence-corrected chi connectivity index (χ2v) is 14.8. The first kappa shape index (κ1) is 30.5. The summed E-state index contributed by atoms with van der Waals surface area (Å²) in [6.45, 7) is 7.71. The lowest BCUT2D eigenvalue weighted by molar-refractivity contribution is -0.236. The van der Waals surface area contributed by atoms with Crippen LogP contribution in [0.25, 0.3) is 0 Å². The van der Waals surface area contributed by atoms with Gasteiger partial charge in [0, 0.05) is 30.9 Å². The van der Waals surface area contributed by atoms with Gasteiger partial charge in [0.25, 0.3) is 0 Å². The van der Waals surface area contributed by atoms with Gasteiger partial charge in [-0.2, -0.15) is 0 Å². The zero-order valence-corrected chi connectivity index (χ0v) is 27.6. The van der Waals surface area contributed by atoms with Gasteiger partial charge in [0.1, 0.15) is 29.6 Å². The maximum atomic E-state index is 14.5. The topological polar surface area (TPSA) is 125 Å². The third-order valence-corrected chi connectivity index (χ3v) is 11.6. The highest BCUT2D eigenvalue weighted by Gasteiger charge is 3.02. The van der Waals surface area contributed by atoms with E-state index in [-0.39, 0.29) is 22.8 Å². The summed E-state index contributed by atoms with van der Waals surface area (Å²) in [6, 6.07) is 17.5. The minimum atomic E-state index is -2.00. The second kappa shape index (κ2) is 9.86. The van der Waals surface area contributed by atoms with Crippen LogP contribution in [0.4, 0.5) is 0 Å². The fourth-order valence-electron chi connectivity index (χ4n) is 9.83. The highest BCUT2D eigenvalue weighted by atomic mass is 32.1. The zero-order valence-electron chi connectivity index (χ0n) is 26.0. The van der Waals surface area contributed by atoms with Crippen molar-refractivity contribution in [2.45, 2.75) is 76.3 Å². The molecule has 47 heavy (non-hydrogen) atoms. The highest BCUT2D eigenvalue weighted by molar-refractivity contribution is 7.80. The fourth-order valence-corrected chi connectivity index (χ4v) is 10.3. The number of hydrogen-bond acceptors (Lipinski definition) is 13. The van der Waals surface area contributed by atoms with Crippen LogP contribution in [0.5, 0.6) is 11.5 Å². The van der Waals surface area contributed by atoms with E-state index in [2.05, 4.69) is 0 Å². The van der Waals surface area contributed by atoms with Gasteiger partial charge in [-0.05, 0) is 48.9 Å². The van der Waals surface area contributed by atoms with Crippen molar-refractivity contribution in [3.63, 3.8) is 0 Å². The van der Waals surface area contributed by atoms with E-state index in [1.54, 1.807) is 55.5 Å². The Kier molecular flexibility index (Phi) is 6.40. The highest BCUT2D eigenvalue weighted by Crippen LogP contribution is 2.85. The summed E-state index contributed by atoms with van der Waals surface area (Å²) in [7, 11) is 0. The summed E-state index contributed by atoms with van der Waals surface area (Å²) in [5.41, 5.74) is -7.00. The van der Waals surface area contributed by atoms with Gasteiger partial charge in [-0.25, -0.2) is 9.59 Å². The molecule has 4 heterocycles. The first-order valence-corrected chi connectivity index (χ1v) is 16.3. The minimum Gasteiger partial charge on any atom is -0.459 e. The maximum absolute atomic E-state index is 14.5. The number of carbonyl (C=O) groups excluding carboxylic acids is 3. The molecule has 10 atom stereocenters. The molecule has 4 saturated heterocycles. The molecular weight excluding hydrogens is 648 g/mol. The van der Waals surface area contributed by atoms with Gasteiger partial charge in [0.2, 0.25) is 23.6 Å². The van der Waals surface area contributed by atoms with E-state index in [4.69, 9.17) is 62.3 Å². The normalized spacial score (nSPS) is 40.4. The third-order valence-electron chi connectivity index (χ3n) is 11.3. The number of para-hydroxylation sites is 2. The number of esters is 3. The molecule has 13 heteroatoms. The van der Waals surface area contributed by atoms with Gasteiger partial charge < -0.3 is 37.9 Å². The number of rotatable bonds is 4.